The third kappa shape index (κ3) is 3.60. The van der Waals surface area contributed by atoms with Gasteiger partial charge in [0.15, 0.2) is 5.82 Å². The number of benzene rings is 2. The van der Waals surface area contributed by atoms with Crippen molar-refractivity contribution in [3.8, 4) is 28.7 Å². The molecule has 6 heteroatoms. The van der Waals surface area contributed by atoms with Crippen LogP contribution in [0.2, 0.25) is 0 Å². The monoisotopic (exact) mass is 361 g/mol. The first-order valence-electron chi connectivity index (χ1n) is 8.81. The summed E-state index contributed by atoms with van der Waals surface area (Å²) in [6.07, 6.45) is 0.433. The van der Waals surface area contributed by atoms with Gasteiger partial charge >= 0.3 is 0 Å². The van der Waals surface area contributed by atoms with Gasteiger partial charge in [0.05, 0.1) is 24.3 Å². The minimum absolute atomic E-state index is 0.433. The summed E-state index contributed by atoms with van der Waals surface area (Å²) in [6.45, 7) is 4.41. The smallest absolute Gasteiger partial charge is 0.257 e. The lowest BCUT2D eigenvalue weighted by atomic mass is 10.2. The lowest BCUT2D eigenvalue weighted by molar-refractivity contribution is 0.340. The fraction of sp³-hybridized carbons (Fsp3) is 0.190. The Morgan fingerprint density at radius 2 is 1.70 bits per heavy atom. The number of hydrogen-bond donors (Lipinski definition) is 0. The molecule has 136 valence electrons. The Balaban J connectivity index is 1.59. The summed E-state index contributed by atoms with van der Waals surface area (Å²) in [5, 5.41) is 4.07. The molecule has 0 aliphatic carbocycles. The van der Waals surface area contributed by atoms with Gasteiger partial charge in [0, 0.05) is 5.56 Å². The summed E-state index contributed by atoms with van der Waals surface area (Å²) in [7, 11) is 0. The van der Waals surface area contributed by atoms with Crippen molar-refractivity contribution in [1.29, 1.82) is 0 Å². The Kier molecular flexibility index (Phi) is 4.70. The summed E-state index contributed by atoms with van der Waals surface area (Å²) < 4.78 is 16.9. The van der Waals surface area contributed by atoms with Gasteiger partial charge in [0.2, 0.25) is 5.89 Å². The quantitative estimate of drug-likeness (QED) is 0.496. The molecule has 6 nitrogen and oxygen atoms in total. The Morgan fingerprint density at radius 1 is 0.926 bits per heavy atom. The molecule has 0 saturated carbocycles. The molecule has 0 aliphatic heterocycles. The molecule has 2 heterocycles. The Morgan fingerprint density at radius 3 is 2.52 bits per heavy atom. The van der Waals surface area contributed by atoms with Crippen molar-refractivity contribution in [1.82, 2.24) is 15.1 Å². The second kappa shape index (κ2) is 7.45. The van der Waals surface area contributed by atoms with Crippen molar-refractivity contribution < 1.29 is 13.7 Å². The second-order valence-electron chi connectivity index (χ2n) is 6.01. The van der Waals surface area contributed by atoms with Gasteiger partial charge in [-0.25, -0.2) is 4.98 Å². The van der Waals surface area contributed by atoms with E-state index in [0.717, 1.165) is 28.3 Å². The molecule has 0 spiro atoms. The fourth-order valence-corrected chi connectivity index (χ4v) is 2.81. The molecular formula is C21H19N3O3. The Bertz CT molecular complexity index is 1040. The molecule has 0 N–H and O–H groups in total. The van der Waals surface area contributed by atoms with Crippen molar-refractivity contribution >= 4 is 0 Å². The number of nitrogens with zero attached hydrogens (tertiary/aromatic N) is 3. The first-order chi connectivity index (χ1) is 13.2. The molecule has 0 aliphatic rings. The number of oxazole rings is 1. The van der Waals surface area contributed by atoms with Crippen LogP contribution < -0.4 is 4.74 Å². The van der Waals surface area contributed by atoms with Crippen LogP contribution in [0.5, 0.6) is 5.75 Å². The maximum Gasteiger partial charge on any atom is 0.257 e. The zero-order valence-electron chi connectivity index (χ0n) is 15.2. The number of hydrogen-bond acceptors (Lipinski definition) is 6. The number of para-hydroxylation sites is 1. The average Bonchev–Trinajstić information content (AvgIpc) is 3.31. The van der Waals surface area contributed by atoms with Crippen molar-refractivity contribution in [3.05, 3.63) is 71.9 Å². The van der Waals surface area contributed by atoms with E-state index in [-0.39, 0.29) is 0 Å². The van der Waals surface area contributed by atoms with E-state index >= 15 is 0 Å². The molecule has 27 heavy (non-hydrogen) atoms. The average molecular weight is 361 g/mol. The zero-order chi connectivity index (χ0) is 18.6. The van der Waals surface area contributed by atoms with Gasteiger partial charge in [0.1, 0.15) is 11.5 Å². The molecule has 4 aromatic rings. The molecule has 0 atom stereocenters. The molecule has 0 amide bonds. The van der Waals surface area contributed by atoms with E-state index in [1.165, 1.54) is 0 Å². The standard InChI is InChI=1S/C21H19N3O3/c1-3-25-18-12-8-7-11-16(18)21-22-17(14(2)26-21)13-19-23-20(27-24-19)15-9-5-4-6-10-15/h4-12H,3,13H2,1-2H3. The van der Waals surface area contributed by atoms with Gasteiger partial charge in [-0.15, -0.1) is 0 Å². The molecule has 0 radical (unpaired) electrons. The van der Waals surface area contributed by atoms with Gasteiger partial charge in [-0.3, -0.25) is 0 Å². The van der Waals surface area contributed by atoms with Crippen LogP contribution in [0, 0.1) is 6.92 Å². The minimum Gasteiger partial charge on any atom is -0.493 e. The fourth-order valence-electron chi connectivity index (χ4n) is 2.81. The van der Waals surface area contributed by atoms with Gasteiger partial charge in [-0.1, -0.05) is 35.5 Å². The summed E-state index contributed by atoms with van der Waals surface area (Å²) >= 11 is 0. The lowest BCUT2D eigenvalue weighted by Gasteiger charge is -2.06. The summed E-state index contributed by atoms with van der Waals surface area (Å²) in [6, 6.07) is 17.4. The topological polar surface area (TPSA) is 74.2 Å². The maximum absolute atomic E-state index is 5.87. The highest BCUT2D eigenvalue weighted by atomic mass is 16.5. The Hall–Kier alpha value is -3.41. The predicted octanol–water partition coefficient (Wildman–Crippen LogP) is 4.69. The van der Waals surface area contributed by atoms with Crippen LogP contribution in [-0.4, -0.2) is 21.7 Å². The van der Waals surface area contributed by atoms with E-state index in [0.29, 0.717) is 30.6 Å². The molecule has 0 saturated heterocycles. The molecule has 2 aromatic carbocycles. The van der Waals surface area contributed by atoms with E-state index in [4.69, 9.17) is 13.7 Å². The van der Waals surface area contributed by atoms with Crippen LogP contribution >= 0.6 is 0 Å². The van der Waals surface area contributed by atoms with E-state index in [2.05, 4.69) is 15.1 Å². The lowest BCUT2D eigenvalue weighted by Crippen LogP contribution is -1.95. The largest absolute Gasteiger partial charge is 0.493 e. The maximum atomic E-state index is 5.87. The van der Waals surface area contributed by atoms with Crippen LogP contribution in [0.15, 0.2) is 63.5 Å². The molecular weight excluding hydrogens is 342 g/mol. The van der Waals surface area contributed by atoms with Crippen molar-refractivity contribution in [2.24, 2.45) is 0 Å². The molecule has 4 rings (SSSR count). The molecule has 0 bridgehead atoms. The van der Waals surface area contributed by atoms with Gasteiger partial charge in [-0.05, 0) is 38.1 Å². The number of aromatic nitrogens is 3. The number of aryl methyl sites for hydroxylation is 1. The summed E-state index contributed by atoms with van der Waals surface area (Å²) in [5.41, 5.74) is 2.49. The minimum atomic E-state index is 0.433. The van der Waals surface area contributed by atoms with Crippen LogP contribution in [0.1, 0.15) is 24.2 Å². The van der Waals surface area contributed by atoms with Crippen molar-refractivity contribution in [2.75, 3.05) is 6.61 Å². The SMILES string of the molecule is CCOc1ccccc1-c1nc(Cc2noc(-c3ccccc3)n2)c(C)o1. The Labute approximate surface area is 156 Å². The van der Waals surface area contributed by atoms with Gasteiger partial charge in [0.25, 0.3) is 5.89 Å². The van der Waals surface area contributed by atoms with Gasteiger partial charge in [-0.2, -0.15) is 4.98 Å². The van der Waals surface area contributed by atoms with Crippen molar-refractivity contribution in [3.63, 3.8) is 0 Å². The van der Waals surface area contributed by atoms with E-state index in [1.807, 2.05) is 68.4 Å². The highest BCUT2D eigenvalue weighted by Gasteiger charge is 2.17. The number of ether oxygens (including phenoxy) is 1. The third-order valence-corrected chi connectivity index (χ3v) is 4.12. The highest BCUT2D eigenvalue weighted by Crippen LogP contribution is 2.31. The van der Waals surface area contributed by atoms with E-state index in [9.17, 15) is 0 Å². The zero-order valence-corrected chi connectivity index (χ0v) is 15.2. The first-order valence-corrected chi connectivity index (χ1v) is 8.81. The normalized spacial score (nSPS) is 10.9. The highest BCUT2D eigenvalue weighted by molar-refractivity contribution is 5.63. The summed E-state index contributed by atoms with van der Waals surface area (Å²) in [4.78, 5) is 9.09. The first kappa shape index (κ1) is 17.0. The van der Waals surface area contributed by atoms with Gasteiger partial charge < -0.3 is 13.7 Å². The number of rotatable bonds is 6. The molecule has 0 unspecified atom stereocenters. The van der Waals surface area contributed by atoms with Crippen LogP contribution in [-0.2, 0) is 6.42 Å². The predicted molar refractivity (Wildman–Crippen MR) is 100 cm³/mol. The van der Waals surface area contributed by atoms with E-state index < -0.39 is 0 Å². The van der Waals surface area contributed by atoms with Crippen LogP contribution in [0.3, 0.4) is 0 Å². The van der Waals surface area contributed by atoms with Crippen molar-refractivity contribution in [2.45, 2.75) is 20.3 Å². The third-order valence-electron chi connectivity index (χ3n) is 4.12. The molecule has 2 aromatic heterocycles. The molecule has 0 fully saturated rings. The van der Waals surface area contributed by atoms with E-state index in [1.54, 1.807) is 0 Å². The van der Waals surface area contributed by atoms with Crippen LogP contribution in [0.25, 0.3) is 22.9 Å². The van der Waals surface area contributed by atoms with Crippen LogP contribution in [0.4, 0.5) is 0 Å². The second-order valence-corrected chi connectivity index (χ2v) is 6.01. The summed E-state index contributed by atoms with van der Waals surface area (Å²) in [5.74, 6) is 3.06.